The van der Waals surface area contributed by atoms with Gasteiger partial charge in [0.05, 0.1) is 7.11 Å². The van der Waals surface area contributed by atoms with Crippen molar-refractivity contribution in [3.05, 3.63) is 28.0 Å². The van der Waals surface area contributed by atoms with Crippen molar-refractivity contribution in [1.82, 2.24) is 14.8 Å². The Kier molecular flexibility index (Phi) is 4.39. The smallest absolute Gasteiger partial charge is 0.351 e. The minimum Gasteiger partial charge on any atom is -0.465 e. The van der Waals surface area contributed by atoms with Crippen molar-refractivity contribution >= 4 is 34.0 Å². The Labute approximate surface area is 119 Å². The van der Waals surface area contributed by atoms with E-state index in [0.717, 1.165) is 12.1 Å². The van der Waals surface area contributed by atoms with E-state index in [1.165, 1.54) is 18.4 Å². The number of carbonyl (C=O) groups excluding carboxylic acids is 1. The van der Waals surface area contributed by atoms with Gasteiger partial charge in [0.25, 0.3) is 0 Å². The molecule has 102 valence electrons. The second-order valence-corrected chi connectivity index (χ2v) is 5.11. The fraction of sp³-hybridized carbons (Fsp3) is 0.364. The SMILES string of the molecule is COC(=O)c1sc(NCCc2ccnn2C)nc1Cl. The Hall–Kier alpha value is -1.60. The summed E-state index contributed by atoms with van der Waals surface area (Å²) in [7, 11) is 3.21. The summed E-state index contributed by atoms with van der Waals surface area (Å²) < 4.78 is 6.43. The molecular weight excluding hydrogens is 288 g/mol. The predicted octanol–water partition coefficient (Wildman–Crippen LogP) is 1.97. The third-order valence-electron chi connectivity index (χ3n) is 2.54. The Morgan fingerprint density at radius 3 is 3.05 bits per heavy atom. The molecule has 0 amide bonds. The van der Waals surface area contributed by atoms with Crippen LogP contribution in [0.3, 0.4) is 0 Å². The topological polar surface area (TPSA) is 69.0 Å². The fourth-order valence-corrected chi connectivity index (χ4v) is 2.67. The first-order chi connectivity index (χ1) is 9.11. The lowest BCUT2D eigenvalue weighted by Crippen LogP contribution is -2.07. The molecule has 0 aliphatic heterocycles. The summed E-state index contributed by atoms with van der Waals surface area (Å²) in [4.78, 5) is 15.8. The molecule has 0 spiro atoms. The van der Waals surface area contributed by atoms with E-state index >= 15 is 0 Å². The molecule has 0 bridgehead atoms. The van der Waals surface area contributed by atoms with Gasteiger partial charge >= 0.3 is 5.97 Å². The van der Waals surface area contributed by atoms with Crippen molar-refractivity contribution in [3.8, 4) is 0 Å². The van der Waals surface area contributed by atoms with Gasteiger partial charge < -0.3 is 10.1 Å². The summed E-state index contributed by atoms with van der Waals surface area (Å²) >= 11 is 7.05. The number of hydrogen-bond acceptors (Lipinski definition) is 6. The predicted molar refractivity (Wildman–Crippen MR) is 73.9 cm³/mol. The van der Waals surface area contributed by atoms with E-state index in [-0.39, 0.29) is 5.15 Å². The number of halogens is 1. The average Bonchev–Trinajstić information content (AvgIpc) is 2.96. The van der Waals surface area contributed by atoms with Crippen LogP contribution in [0, 0.1) is 0 Å². The summed E-state index contributed by atoms with van der Waals surface area (Å²) in [5, 5.41) is 7.98. The first-order valence-corrected chi connectivity index (χ1v) is 6.76. The van der Waals surface area contributed by atoms with E-state index in [2.05, 4.69) is 20.1 Å². The van der Waals surface area contributed by atoms with E-state index in [0.29, 0.717) is 16.6 Å². The molecule has 0 aliphatic carbocycles. The number of esters is 1. The molecule has 6 nitrogen and oxygen atoms in total. The molecule has 0 saturated carbocycles. The second kappa shape index (κ2) is 6.03. The molecule has 0 aromatic carbocycles. The number of nitrogens with one attached hydrogen (secondary N) is 1. The maximum absolute atomic E-state index is 11.4. The lowest BCUT2D eigenvalue weighted by atomic mass is 10.3. The first kappa shape index (κ1) is 13.8. The van der Waals surface area contributed by atoms with Crippen LogP contribution in [0.4, 0.5) is 5.13 Å². The van der Waals surface area contributed by atoms with E-state index in [9.17, 15) is 4.79 Å². The van der Waals surface area contributed by atoms with Crippen LogP contribution in [-0.2, 0) is 18.2 Å². The standard InChI is InChI=1S/C11H13ClN4O2S/c1-16-7(4-6-14-16)3-5-13-11-15-9(12)8(19-11)10(17)18-2/h4,6H,3,5H2,1-2H3,(H,13,15). The molecule has 0 unspecified atom stereocenters. The number of aromatic nitrogens is 3. The number of ether oxygens (including phenoxy) is 1. The number of rotatable bonds is 5. The molecule has 0 fully saturated rings. The van der Waals surface area contributed by atoms with E-state index < -0.39 is 5.97 Å². The molecule has 0 saturated heterocycles. The fourth-order valence-electron chi connectivity index (χ4n) is 1.54. The quantitative estimate of drug-likeness (QED) is 0.855. The zero-order valence-electron chi connectivity index (χ0n) is 10.5. The van der Waals surface area contributed by atoms with Crippen LogP contribution in [0.15, 0.2) is 12.3 Å². The highest BCUT2D eigenvalue weighted by atomic mass is 35.5. The lowest BCUT2D eigenvalue weighted by molar-refractivity contribution is 0.0606. The van der Waals surface area contributed by atoms with Crippen LogP contribution in [0.5, 0.6) is 0 Å². The van der Waals surface area contributed by atoms with Crippen molar-refractivity contribution in [3.63, 3.8) is 0 Å². The number of thiazole rings is 1. The Morgan fingerprint density at radius 1 is 1.63 bits per heavy atom. The maximum Gasteiger partial charge on any atom is 0.351 e. The Morgan fingerprint density at radius 2 is 2.42 bits per heavy atom. The zero-order valence-corrected chi connectivity index (χ0v) is 12.1. The van der Waals surface area contributed by atoms with Crippen LogP contribution < -0.4 is 5.32 Å². The third kappa shape index (κ3) is 3.24. The highest BCUT2D eigenvalue weighted by Gasteiger charge is 2.16. The van der Waals surface area contributed by atoms with Gasteiger partial charge in [-0.05, 0) is 6.07 Å². The van der Waals surface area contributed by atoms with Crippen LogP contribution in [-0.4, -0.2) is 34.4 Å². The number of anilines is 1. The molecule has 0 aliphatic rings. The monoisotopic (exact) mass is 300 g/mol. The number of carbonyl (C=O) groups is 1. The van der Waals surface area contributed by atoms with Gasteiger partial charge in [0, 0.05) is 31.9 Å². The van der Waals surface area contributed by atoms with Crippen LogP contribution in [0.1, 0.15) is 15.4 Å². The number of nitrogens with zero attached hydrogens (tertiary/aromatic N) is 3. The molecule has 0 radical (unpaired) electrons. The molecule has 8 heteroatoms. The van der Waals surface area contributed by atoms with Gasteiger partial charge in [-0.25, -0.2) is 9.78 Å². The maximum atomic E-state index is 11.4. The average molecular weight is 301 g/mol. The molecule has 19 heavy (non-hydrogen) atoms. The van der Waals surface area contributed by atoms with Gasteiger partial charge in [0.15, 0.2) is 15.2 Å². The zero-order chi connectivity index (χ0) is 13.8. The van der Waals surface area contributed by atoms with Crippen LogP contribution in [0.25, 0.3) is 0 Å². The lowest BCUT2D eigenvalue weighted by Gasteiger charge is -2.02. The molecule has 2 aromatic heterocycles. The highest BCUT2D eigenvalue weighted by Crippen LogP contribution is 2.27. The summed E-state index contributed by atoms with van der Waals surface area (Å²) in [5.41, 5.74) is 1.11. The second-order valence-electron chi connectivity index (χ2n) is 3.75. The van der Waals surface area contributed by atoms with Gasteiger partial charge in [-0.3, -0.25) is 4.68 Å². The van der Waals surface area contributed by atoms with Crippen molar-refractivity contribution in [2.75, 3.05) is 19.0 Å². The van der Waals surface area contributed by atoms with Crippen molar-refractivity contribution in [1.29, 1.82) is 0 Å². The third-order valence-corrected chi connectivity index (χ3v) is 3.92. The minimum absolute atomic E-state index is 0.167. The van der Waals surface area contributed by atoms with E-state index in [1.54, 1.807) is 6.20 Å². The largest absolute Gasteiger partial charge is 0.465 e. The van der Waals surface area contributed by atoms with E-state index in [1.807, 2.05) is 17.8 Å². The van der Waals surface area contributed by atoms with Gasteiger partial charge in [-0.1, -0.05) is 22.9 Å². The Balaban J connectivity index is 1.93. The summed E-state index contributed by atoms with van der Waals surface area (Å²) in [6.07, 6.45) is 2.56. The first-order valence-electron chi connectivity index (χ1n) is 5.57. The number of hydrogen-bond donors (Lipinski definition) is 1. The summed E-state index contributed by atoms with van der Waals surface area (Å²) in [5.74, 6) is -0.470. The van der Waals surface area contributed by atoms with Gasteiger partial charge in [-0.2, -0.15) is 5.10 Å². The molecule has 2 heterocycles. The normalized spacial score (nSPS) is 10.5. The van der Waals surface area contributed by atoms with Crippen molar-refractivity contribution in [2.45, 2.75) is 6.42 Å². The van der Waals surface area contributed by atoms with Crippen molar-refractivity contribution < 1.29 is 9.53 Å². The van der Waals surface area contributed by atoms with Gasteiger partial charge in [0.2, 0.25) is 0 Å². The molecule has 2 rings (SSSR count). The number of aryl methyl sites for hydroxylation is 1. The van der Waals surface area contributed by atoms with Gasteiger partial charge in [-0.15, -0.1) is 0 Å². The number of methoxy groups -OCH3 is 1. The minimum atomic E-state index is -0.470. The van der Waals surface area contributed by atoms with E-state index in [4.69, 9.17) is 11.6 Å². The Bertz CT molecular complexity index is 581. The summed E-state index contributed by atoms with van der Waals surface area (Å²) in [6.45, 7) is 0.685. The highest BCUT2D eigenvalue weighted by molar-refractivity contribution is 7.18. The van der Waals surface area contributed by atoms with Crippen LogP contribution in [0.2, 0.25) is 5.15 Å². The molecule has 2 aromatic rings. The van der Waals surface area contributed by atoms with Crippen LogP contribution >= 0.6 is 22.9 Å². The van der Waals surface area contributed by atoms with Gasteiger partial charge in [0.1, 0.15) is 0 Å². The summed E-state index contributed by atoms with van der Waals surface area (Å²) in [6, 6.07) is 1.95. The molecule has 1 N–H and O–H groups in total. The van der Waals surface area contributed by atoms with Crippen molar-refractivity contribution in [2.24, 2.45) is 7.05 Å². The molecule has 0 atom stereocenters. The molecular formula is C11H13ClN4O2S.